The lowest BCUT2D eigenvalue weighted by Gasteiger charge is -2.43. The van der Waals surface area contributed by atoms with Crippen molar-refractivity contribution >= 4 is 0 Å². The number of hydrogen-bond acceptors (Lipinski definition) is 1. The van der Waals surface area contributed by atoms with Crippen LogP contribution in [0.2, 0.25) is 0 Å². The summed E-state index contributed by atoms with van der Waals surface area (Å²) < 4.78 is 25.5. The molecule has 2 aliphatic rings. The smallest absolute Gasteiger partial charge is 0.263 e. The quantitative estimate of drug-likeness (QED) is 0.830. The Hall–Kier alpha value is -0.960. The summed E-state index contributed by atoms with van der Waals surface area (Å²) in [7, 11) is 0. The van der Waals surface area contributed by atoms with Crippen LogP contribution in [0.1, 0.15) is 57.6 Å². The van der Waals surface area contributed by atoms with Crippen LogP contribution in [-0.2, 0) is 6.54 Å². The summed E-state index contributed by atoms with van der Waals surface area (Å²) in [6.07, 6.45) is 1.54. The van der Waals surface area contributed by atoms with Crippen molar-refractivity contribution in [2.45, 2.75) is 59.0 Å². The summed E-state index contributed by atoms with van der Waals surface area (Å²) in [5.41, 5.74) is 1.74. The third-order valence-electron chi connectivity index (χ3n) is 5.98. The molecule has 2 saturated carbocycles. The minimum Gasteiger partial charge on any atom is -0.309 e. The predicted octanol–water partition coefficient (Wildman–Crippen LogP) is 4.93. The van der Waals surface area contributed by atoms with Crippen molar-refractivity contribution < 1.29 is 8.78 Å². The van der Waals surface area contributed by atoms with Gasteiger partial charge in [-0.05, 0) is 47.6 Å². The van der Waals surface area contributed by atoms with Crippen LogP contribution in [0.3, 0.4) is 0 Å². The zero-order valence-corrected chi connectivity index (χ0v) is 13.1. The van der Waals surface area contributed by atoms with E-state index < -0.39 is 6.43 Å². The number of alkyl halides is 2. The molecule has 3 heteroatoms. The summed E-state index contributed by atoms with van der Waals surface area (Å²) in [6, 6.07) is 7.25. The molecule has 0 amide bonds. The van der Waals surface area contributed by atoms with Crippen LogP contribution < -0.4 is 5.32 Å². The molecule has 0 spiro atoms. The Morgan fingerprint density at radius 2 is 2.05 bits per heavy atom. The first-order chi connectivity index (χ1) is 9.83. The minimum atomic E-state index is -2.39. The fourth-order valence-corrected chi connectivity index (χ4v) is 4.87. The molecule has 0 radical (unpaired) electrons. The first-order valence-electron chi connectivity index (χ1n) is 7.93. The normalized spacial score (nSPS) is 33.8. The Balaban J connectivity index is 1.72. The van der Waals surface area contributed by atoms with Gasteiger partial charge in [0.15, 0.2) is 0 Å². The monoisotopic (exact) mass is 293 g/mol. The van der Waals surface area contributed by atoms with Crippen LogP contribution in [0.5, 0.6) is 0 Å². The Morgan fingerprint density at radius 1 is 1.29 bits per heavy atom. The first kappa shape index (κ1) is 15.0. The summed E-state index contributed by atoms with van der Waals surface area (Å²) in [6.45, 7) is 7.77. The van der Waals surface area contributed by atoms with E-state index in [4.69, 9.17) is 0 Å². The molecule has 1 nitrogen and oxygen atoms in total. The van der Waals surface area contributed by atoms with Crippen molar-refractivity contribution in [1.29, 1.82) is 0 Å². The highest BCUT2D eigenvalue weighted by atomic mass is 19.3. The van der Waals surface area contributed by atoms with E-state index in [-0.39, 0.29) is 5.56 Å². The van der Waals surface area contributed by atoms with Crippen molar-refractivity contribution in [1.82, 2.24) is 5.32 Å². The van der Waals surface area contributed by atoms with Gasteiger partial charge in [-0.25, -0.2) is 8.78 Å². The van der Waals surface area contributed by atoms with Crippen molar-refractivity contribution in [2.75, 3.05) is 0 Å². The second kappa shape index (κ2) is 5.05. The van der Waals surface area contributed by atoms with Gasteiger partial charge in [0.25, 0.3) is 6.43 Å². The van der Waals surface area contributed by atoms with Gasteiger partial charge < -0.3 is 5.32 Å². The summed E-state index contributed by atoms with van der Waals surface area (Å²) >= 11 is 0. The van der Waals surface area contributed by atoms with E-state index in [9.17, 15) is 8.78 Å². The van der Waals surface area contributed by atoms with Gasteiger partial charge in [0.2, 0.25) is 0 Å². The van der Waals surface area contributed by atoms with Gasteiger partial charge in [0.1, 0.15) is 0 Å². The van der Waals surface area contributed by atoms with E-state index in [2.05, 4.69) is 26.1 Å². The van der Waals surface area contributed by atoms with Gasteiger partial charge >= 0.3 is 0 Å². The Kier molecular flexibility index (Phi) is 3.59. The fraction of sp³-hybridized carbons (Fsp3) is 0.667. The highest BCUT2D eigenvalue weighted by molar-refractivity contribution is 5.24. The maximum absolute atomic E-state index is 12.8. The van der Waals surface area contributed by atoms with Crippen molar-refractivity contribution in [3.63, 3.8) is 0 Å². The van der Waals surface area contributed by atoms with Crippen molar-refractivity contribution in [3.8, 4) is 0 Å². The molecule has 2 fully saturated rings. The van der Waals surface area contributed by atoms with Gasteiger partial charge in [-0.2, -0.15) is 0 Å². The molecule has 0 saturated heterocycles. The lowest BCUT2D eigenvalue weighted by Crippen LogP contribution is -2.49. The molecule has 2 aliphatic carbocycles. The standard InChI is InChI=1S/C18H25F2N/c1-17(2)14-7-8-18(3,10-14)16(17)21-11-12-5-4-6-13(9-12)15(19)20/h4-6,9,14-16,21H,7-8,10-11H2,1-3H3. The molecule has 116 valence electrons. The van der Waals surface area contributed by atoms with E-state index in [1.165, 1.54) is 25.3 Å². The molecule has 3 rings (SSSR count). The average molecular weight is 293 g/mol. The Labute approximate surface area is 126 Å². The van der Waals surface area contributed by atoms with Gasteiger partial charge in [0.05, 0.1) is 0 Å². The van der Waals surface area contributed by atoms with Crippen LogP contribution in [0, 0.1) is 16.7 Å². The minimum absolute atomic E-state index is 0.118. The topological polar surface area (TPSA) is 12.0 Å². The summed E-state index contributed by atoms with van der Waals surface area (Å²) in [5.74, 6) is 0.799. The molecule has 0 aromatic heterocycles. The third-order valence-corrected chi connectivity index (χ3v) is 5.98. The SMILES string of the molecule is CC12CCC(C1)C(C)(C)C2NCc1cccc(C(F)F)c1. The Morgan fingerprint density at radius 3 is 2.67 bits per heavy atom. The lowest BCUT2D eigenvalue weighted by molar-refractivity contribution is 0.108. The molecule has 3 unspecified atom stereocenters. The van der Waals surface area contributed by atoms with Gasteiger partial charge in [-0.15, -0.1) is 0 Å². The number of hydrogen-bond donors (Lipinski definition) is 1. The second-order valence-corrected chi connectivity index (χ2v) is 7.77. The van der Waals surface area contributed by atoms with Crippen molar-refractivity contribution in [2.24, 2.45) is 16.7 Å². The van der Waals surface area contributed by atoms with E-state index in [1.54, 1.807) is 12.1 Å². The Bertz CT molecular complexity index is 521. The molecule has 0 heterocycles. The molecule has 0 aliphatic heterocycles. The first-order valence-corrected chi connectivity index (χ1v) is 7.93. The molecular formula is C18H25F2N. The van der Waals surface area contributed by atoms with E-state index >= 15 is 0 Å². The molecule has 1 N–H and O–H groups in total. The maximum Gasteiger partial charge on any atom is 0.263 e. The van der Waals surface area contributed by atoms with Crippen LogP contribution in [-0.4, -0.2) is 6.04 Å². The maximum atomic E-state index is 12.8. The van der Waals surface area contributed by atoms with Crippen LogP contribution in [0.15, 0.2) is 24.3 Å². The number of rotatable bonds is 4. The zero-order valence-electron chi connectivity index (χ0n) is 13.1. The highest BCUT2D eigenvalue weighted by Crippen LogP contribution is 2.62. The van der Waals surface area contributed by atoms with E-state index in [0.29, 0.717) is 23.4 Å². The highest BCUT2D eigenvalue weighted by Gasteiger charge is 2.58. The van der Waals surface area contributed by atoms with E-state index in [1.807, 2.05) is 6.07 Å². The summed E-state index contributed by atoms with van der Waals surface area (Å²) in [4.78, 5) is 0. The van der Waals surface area contributed by atoms with Gasteiger partial charge in [0, 0.05) is 18.2 Å². The molecule has 1 aromatic carbocycles. The number of fused-ring (bicyclic) bond motifs is 2. The number of benzene rings is 1. The van der Waals surface area contributed by atoms with Gasteiger partial charge in [-0.3, -0.25) is 0 Å². The van der Waals surface area contributed by atoms with Crippen LogP contribution in [0.4, 0.5) is 8.78 Å². The summed E-state index contributed by atoms with van der Waals surface area (Å²) in [5, 5.41) is 3.68. The molecule has 2 bridgehead atoms. The number of nitrogens with one attached hydrogen (secondary N) is 1. The average Bonchev–Trinajstić information content (AvgIpc) is 2.89. The largest absolute Gasteiger partial charge is 0.309 e. The lowest BCUT2D eigenvalue weighted by atomic mass is 9.68. The van der Waals surface area contributed by atoms with Gasteiger partial charge in [-0.1, -0.05) is 39.0 Å². The van der Waals surface area contributed by atoms with Crippen LogP contribution >= 0.6 is 0 Å². The molecule has 3 atom stereocenters. The molecule has 21 heavy (non-hydrogen) atoms. The second-order valence-electron chi connectivity index (χ2n) is 7.77. The molecule has 1 aromatic rings. The van der Waals surface area contributed by atoms with Crippen LogP contribution in [0.25, 0.3) is 0 Å². The molecular weight excluding hydrogens is 268 g/mol. The predicted molar refractivity (Wildman–Crippen MR) is 81.3 cm³/mol. The van der Waals surface area contributed by atoms with Crippen molar-refractivity contribution in [3.05, 3.63) is 35.4 Å². The third kappa shape index (κ3) is 2.50. The van der Waals surface area contributed by atoms with E-state index in [0.717, 1.165) is 11.5 Å². The zero-order chi connectivity index (χ0) is 15.3. The number of halogens is 2. The fourth-order valence-electron chi connectivity index (χ4n) is 4.87.